The van der Waals surface area contributed by atoms with Gasteiger partial charge >= 0.3 is 17.9 Å². The lowest BCUT2D eigenvalue weighted by Gasteiger charge is -2.65. The van der Waals surface area contributed by atoms with Gasteiger partial charge in [-0.15, -0.1) is 0 Å². The van der Waals surface area contributed by atoms with Crippen molar-refractivity contribution >= 4 is 23.7 Å². The van der Waals surface area contributed by atoms with Gasteiger partial charge in [-0.25, -0.2) is 0 Å². The van der Waals surface area contributed by atoms with Crippen molar-refractivity contribution in [3.63, 3.8) is 0 Å². The van der Waals surface area contributed by atoms with Crippen LogP contribution in [0.2, 0.25) is 0 Å². The first-order chi connectivity index (χ1) is 19.5. The van der Waals surface area contributed by atoms with Crippen LogP contribution in [-0.2, 0) is 33.4 Å². The minimum Gasteiger partial charge on any atom is -0.462 e. The fraction of sp³-hybridized carbons (Fsp3) is 0.824. The minimum atomic E-state index is -0.733. The summed E-state index contributed by atoms with van der Waals surface area (Å²) in [5.41, 5.74) is 1.01. The van der Waals surface area contributed by atoms with E-state index in [0.29, 0.717) is 18.9 Å². The Balaban J connectivity index is 1.88. The van der Waals surface area contributed by atoms with Crippen molar-refractivity contribution in [2.75, 3.05) is 14.1 Å². The molecule has 0 bridgehead atoms. The molecule has 0 aliphatic heterocycles. The zero-order valence-corrected chi connectivity index (χ0v) is 27.5. The molecule has 42 heavy (non-hydrogen) atoms. The number of Topliss-reactive ketones (excluding diaryl/α,β-unsaturated/α-hetero) is 1. The lowest BCUT2D eigenvalue weighted by atomic mass is 9.42. The molecular formula is C34H53NO7. The van der Waals surface area contributed by atoms with Crippen molar-refractivity contribution in [2.24, 2.45) is 40.4 Å². The number of ether oxygens (including phenoxy) is 3. The molecule has 0 aromatic rings. The maximum Gasteiger partial charge on any atom is 0.310 e. The van der Waals surface area contributed by atoms with E-state index in [1.807, 2.05) is 20.8 Å². The summed E-state index contributed by atoms with van der Waals surface area (Å²) < 4.78 is 18.8. The number of ketones is 1. The zero-order chi connectivity index (χ0) is 31.3. The van der Waals surface area contributed by atoms with E-state index in [9.17, 15) is 19.2 Å². The first kappa shape index (κ1) is 32.7. The van der Waals surface area contributed by atoms with Crippen molar-refractivity contribution in [3.05, 3.63) is 11.1 Å². The first-order valence-corrected chi connectivity index (χ1v) is 15.9. The first-order valence-electron chi connectivity index (χ1n) is 15.9. The third kappa shape index (κ3) is 5.69. The fourth-order valence-electron chi connectivity index (χ4n) is 9.84. The SMILES string of the molecule is CC(=O)OC1CC2C(C(OC(=O)CC(C)=C(C)C)C(OC(C)=O)C3(C)C(C(C)=O)CCC23)C2(C)CCC(N(C)C)CC12. The van der Waals surface area contributed by atoms with Crippen LogP contribution in [0.25, 0.3) is 0 Å². The molecule has 0 saturated heterocycles. The van der Waals surface area contributed by atoms with Gasteiger partial charge in [0.05, 0.1) is 6.42 Å². The van der Waals surface area contributed by atoms with E-state index in [1.54, 1.807) is 6.92 Å². The summed E-state index contributed by atoms with van der Waals surface area (Å²) in [7, 11) is 4.19. The van der Waals surface area contributed by atoms with Crippen molar-refractivity contribution in [2.45, 2.75) is 125 Å². The molecule has 8 nitrogen and oxygen atoms in total. The van der Waals surface area contributed by atoms with Gasteiger partial charge in [0.2, 0.25) is 0 Å². The molecule has 0 spiro atoms. The van der Waals surface area contributed by atoms with Crippen LogP contribution in [0.5, 0.6) is 0 Å². The summed E-state index contributed by atoms with van der Waals surface area (Å²) >= 11 is 0. The summed E-state index contributed by atoms with van der Waals surface area (Å²) in [5.74, 6) is -1.19. The number of hydrogen-bond acceptors (Lipinski definition) is 8. The minimum absolute atomic E-state index is 0.0509. The highest BCUT2D eigenvalue weighted by molar-refractivity contribution is 5.80. The number of esters is 3. The molecular weight excluding hydrogens is 534 g/mol. The van der Waals surface area contributed by atoms with Crippen LogP contribution in [0.15, 0.2) is 11.1 Å². The molecule has 4 fully saturated rings. The zero-order valence-electron chi connectivity index (χ0n) is 27.5. The van der Waals surface area contributed by atoms with Crippen molar-refractivity contribution in [1.82, 2.24) is 4.90 Å². The van der Waals surface area contributed by atoms with Gasteiger partial charge in [-0.1, -0.05) is 25.0 Å². The summed E-state index contributed by atoms with van der Waals surface area (Å²) in [6.45, 7) is 14.8. The number of carbonyl (C=O) groups excluding carboxylic acids is 4. The average molecular weight is 588 g/mol. The molecule has 0 aromatic heterocycles. The normalized spacial score (nSPS) is 40.7. The van der Waals surface area contributed by atoms with Gasteiger partial charge in [0.15, 0.2) is 0 Å². The molecule has 4 rings (SSSR count). The van der Waals surface area contributed by atoms with Crippen LogP contribution in [0.1, 0.15) is 100 Å². The van der Waals surface area contributed by atoms with Gasteiger partial charge in [0.1, 0.15) is 24.1 Å². The van der Waals surface area contributed by atoms with E-state index in [4.69, 9.17) is 14.2 Å². The lowest BCUT2D eigenvalue weighted by Crippen LogP contribution is -2.69. The largest absolute Gasteiger partial charge is 0.462 e. The van der Waals surface area contributed by atoms with Crippen molar-refractivity contribution < 1.29 is 33.4 Å². The van der Waals surface area contributed by atoms with Crippen LogP contribution in [0, 0.1) is 40.4 Å². The third-order valence-electron chi connectivity index (χ3n) is 12.0. The van der Waals surface area contributed by atoms with Gasteiger partial charge in [-0.05, 0) is 97.6 Å². The van der Waals surface area contributed by atoms with Gasteiger partial charge in [0.25, 0.3) is 0 Å². The van der Waals surface area contributed by atoms with Crippen LogP contribution >= 0.6 is 0 Å². The predicted molar refractivity (Wildman–Crippen MR) is 159 cm³/mol. The molecule has 0 aromatic carbocycles. The molecule has 0 N–H and O–H groups in total. The monoisotopic (exact) mass is 587 g/mol. The van der Waals surface area contributed by atoms with Gasteiger partial charge in [-0.2, -0.15) is 0 Å². The summed E-state index contributed by atoms with van der Waals surface area (Å²) in [6.07, 6.45) is 3.39. The maximum absolute atomic E-state index is 13.6. The molecule has 8 heteroatoms. The van der Waals surface area contributed by atoms with E-state index < -0.39 is 23.6 Å². The van der Waals surface area contributed by atoms with E-state index in [-0.39, 0.29) is 65.3 Å². The molecule has 4 saturated carbocycles. The number of carbonyl (C=O) groups is 4. The van der Waals surface area contributed by atoms with E-state index in [2.05, 4.69) is 32.8 Å². The molecule has 0 radical (unpaired) electrons. The molecule has 236 valence electrons. The number of nitrogens with zero attached hydrogens (tertiary/aromatic N) is 1. The molecule has 0 amide bonds. The van der Waals surface area contributed by atoms with Crippen LogP contribution < -0.4 is 0 Å². The second kappa shape index (κ2) is 12.0. The topological polar surface area (TPSA) is 99.2 Å². The van der Waals surface area contributed by atoms with Gasteiger partial charge in [0, 0.05) is 43.1 Å². The highest BCUT2D eigenvalue weighted by Crippen LogP contribution is 2.69. The summed E-state index contributed by atoms with van der Waals surface area (Å²) in [4.78, 5) is 54.1. The Hall–Kier alpha value is -2.22. The number of allylic oxidation sites excluding steroid dienone is 1. The quantitative estimate of drug-likeness (QED) is 0.218. The predicted octanol–water partition coefficient (Wildman–Crippen LogP) is 5.52. The van der Waals surface area contributed by atoms with Gasteiger partial charge < -0.3 is 19.1 Å². The molecule has 11 unspecified atom stereocenters. The highest BCUT2D eigenvalue weighted by atomic mass is 16.6. The van der Waals surface area contributed by atoms with Gasteiger partial charge in [-0.3, -0.25) is 19.2 Å². The number of fused-ring (bicyclic) bond motifs is 5. The third-order valence-corrected chi connectivity index (χ3v) is 12.0. The molecule has 0 heterocycles. The molecule has 4 aliphatic rings. The Labute approximate surface area is 252 Å². The summed E-state index contributed by atoms with van der Waals surface area (Å²) in [5, 5.41) is 0. The second-order valence-corrected chi connectivity index (χ2v) is 14.7. The van der Waals surface area contributed by atoms with Crippen LogP contribution in [-0.4, -0.2) is 67.0 Å². The number of rotatable bonds is 7. The lowest BCUT2D eigenvalue weighted by molar-refractivity contribution is -0.258. The van der Waals surface area contributed by atoms with Crippen molar-refractivity contribution in [3.8, 4) is 0 Å². The van der Waals surface area contributed by atoms with Crippen LogP contribution in [0.4, 0.5) is 0 Å². The van der Waals surface area contributed by atoms with E-state index in [0.717, 1.165) is 36.8 Å². The van der Waals surface area contributed by atoms with Crippen molar-refractivity contribution in [1.29, 1.82) is 0 Å². The Morgan fingerprint density at radius 1 is 0.810 bits per heavy atom. The highest BCUT2D eigenvalue weighted by Gasteiger charge is 2.71. The fourth-order valence-corrected chi connectivity index (χ4v) is 9.84. The van der Waals surface area contributed by atoms with E-state index >= 15 is 0 Å². The second-order valence-electron chi connectivity index (χ2n) is 14.7. The average Bonchev–Trinajstić information content (AvgIpc) is 3.23. The van der Waals surface area contributed by atoms with E-state index in [1.165, 1.54) is 13.8 Å². The molecule has 11 atom stereocenters. The standard InChI is InChI=1S/C34H53NO7/c1-18(2)19(3)15-29(39)42-31-30-24(26-12-11-25(20(4)36)34(26,8)32(31)41-22(6)38)17-28(40-21(5)37)27-16-23(35(9)10)13-14-33(27,30)7/h23-28,30-32H,11-17H2,1-10H3. The number of hydrogen-bond donors (Lipinski definition) is 0. The smallest absolute Gasteiger partial charge is 0.310 e. The Bertz CT molecular complexity index is 1120. The molecule has 4 aliphatic carbocycles. The summed E-state index contributed by atoms with van der Waals surface area (Å²) in [6, 6.07) is 0.352. The maximum atomic E-state index is 13.6. The Kier molecular flexibility index (Phi) is 9.38. The Morgan fingerprint density at radius 2 is 1.45 bits per heavy atom. The Morgan fingerprint density at radius 3 is 2.00 bits per heavy atom. The van der Waals surface area contributed by atoms with Crippen LogP contribution in [0.3, 0.4) is 0 Å².